The van der Waals surface area contributed by atoms with Crippen LogP contribution in [0.2, 0.25) is 0 Å². The number of nitrogens with one attached hydrogen (secondary N) is 2. The van der Waals surface area contributed by atoms with Crippen LogP contribution in [0, 0.1) is 0 Å². The van der Waals surface area contributed by atoms with Gasteiger partial charge < -0.3 is 9.84 Å². The molecule has 2 aromatic rings. The average molecular weight is 231 g/mol. The molecule has 0 spiro atoms. The van der Waals surface area contributed by atoms with E-state index in [2.05, 4.69) is 15.8 Å². The van der Waals surface area contributed by atoms with Crippen LogP contribution in [-0.2, 0) is 6.42 Å². The van der Waals surface area contributed by atoms with Gasteiger partial charge in [-0.25, -0.2) is 4.79 Å². The molecule has 0 fully saturated rings. The lowest BCUT2D eigenvalue weighted by Crippen LogP contribution is -2.19. The third kappa shape index (κ3) is 2.84. The zero-order chi connectivity index (χ0) is 12.1. The van der Waals surface area contributed by atoms with Crippen LogP contribution in [0.4, 0.5) is 16.4 Å². The molecule has 0 atom stereocenters. The molecule has 0 aliphatic carbocycles. The Balaban J connectivity index is 2.03. The summed E-state index contributed by atoms with van der Waals surface area (Å²) in [5.74, 6) is 0.316. The monoisotopic (exact) mass is 231 g/mol. The molecule has 5 heteroatoms. The Morgan fingerprint density at radius 1 is 1.29 bits per heavy atom. The predicted octanol–water partition coefficient (Wildman–Crippen LogP) is 2.88. The topological polar surface area (TPSA) is 67.2 Å². The van der Waals surface area contributed by atoms with Crippen LogP contribution in [0.3, 0.4) is 0 Å². The predicted molar refractivity (Wildman–Crippen MR) is 65.0 cm³/mol. The van der Waals surface area contributed by atoms with Gasteiger partial charge in [0, 0.05) is 11.8 Å². The minimum Gasteiger partial charge on any atom is -0.338 e. The molecule has 0 aliphatic rings. The first-order chi connectivity index (χ1) is 8.29. The molecule has 2 amide bonds. The maximum absolute atomic E-state index is 11.6. The molecule has 0 saturated heterocycles. The lowest BCUT2D eigenvalue weighted by molar-refractivity contribution is 0.261. The van der Waals surface area contributed by atoms with Gasteiger partial charge in [-0.15, -0.1) is 0 Å². The van der Waals surface area contributed by atoms with Crippen LogP contribution >= 0.6 is 0 Å². The highest BCUT2D eigenvalue weighted by atomic mass is 16.5. The molecular formula is C12H13N3O2. The maximum Gasteiger partial charge on any atom is 0.326 e. The number of rotatable bonds is 3. The molecule has 1 heterocycles. The fraction of sp³-hybridized carbons (Fsp3) is 0.167. The summed E-state index contributed by atoms with van der Waals surface area (Å²) in [4.78, 5) is 11.6. The van der Waals surface area contributed by atoms with Crippen LogP contribution in [0.15, 0.2) is 41.1 Å². The molecule has 5 nitrogen and oxygen atoms in total. The van der Waals surface area contributed by atoms with Gasteiger partial charge >= 0.3 is 6.03 Å². The third-order valence-electron chi connectivity index (χ3n) is 2.32. The van der Waals surface area contributed by atoms with E-state index in [4.69, 9.17) is 4.52 Å². The van der Waals surface area contributed by atoms with Crippen LogP contribution in [0.5, 0.6) is 0 Å². The molecule has 1 aromatic carbocycles. The minimum atomic E-state index is -0.345. The van der Waals surface area contributed by atoms with Gasteiger partial charge in [0.1, 0.15) is 0 Å². The molecule has 88 valence electrons. The van der Waals surface area contributed by atoms with Crippen molar-refractivity contribution in [3.05, 3.63) is 42.1 Å². The summed E-state index contributed by atoms with van der Waals surface area (Å²) in [5.41, 5.74) is 1.88. The van der Waals surface area contributed by atoms with Crippen molar-refractivity contribution in [2.75, 3.05) is 10.6 Å². The number of urea groups is 1. The van der Waals surface area contributed by atoms with Crippen molar-refractivity contribution in [2.24, 2.45) is 0 Å². The van der Waals surface area contributed by atoms with Crippen molar-refractivity contribution in [3.8, 4) is 0 Å². The highest BCUT2D eigenvalue weighted by Crippen LogP contribution is 2.15. The van der Waals surface area contributed by atoms with E-state index in [9.17, 15) is 4.79 Å². The number of nitrogens with zero attached hydrogens (tertiary/aromatic N) is 1. The molecule has 0 bridgehead atoms. The number of hydrogen-bond donors (Lipinski definition) is 2. The van der Waals surface area contributed by atoms with Gasteiger partial charge in [0.2, 0.25) is 5.88 Å². The Morgan fingerprint density at radius 3 is 2.82 bits per heavy atom. The number of hydrogen-bond acceptors (Lipinski definition) is 3. The van der Waals surface area contributed by atoms with Crippen LogP contribution < -0.4 is 10.6 Å². The molecular weight excluding hydrogens is 218 g/mol. The second-order valence-electron chi connectivity index (χ2n) is 3.47. The average Bonchev–Trinajstić information content (AvgIpc) is 2.82. The van der Waals surface area contributed by atoms with Crippen molar-refractivity contribution < 1.29 is 9.32 Å². The standard InChI is InChI=1S/C12H13N3O2/c1-2-9-5-3-4-6-10(9)14-12(16)15-11-7-8-13-17-11/h3-8H,2H2,1H3,(H2,14,15,16). The molecule has 0 saturated carbocycles. The number of para-hydroxylation sites is 1. The molecule has 0 aliphatic heterocycles. The zero-order valence-electron chi connectivity index (χ0n) is 9.43. The summed E-state index contributed by atoms with van der Waals surface area (Å²) in [6, 6.07) is 8.89. The van der Waals surface area contributed by atoms with E-state index in [0.29, 0.717) is 5.88 Å². The number of carbonyl (C=O) groups is 1. The smallest absolute Gasteiger partial charge is 0.326 e. The third-order valence-corrected chi connectivity index (χ3v) is 2.32. The highest BCUT2D eigenvalue weighted by Gasteiger charge is 2.06. The first-order valence-electron chi connectivity index (χ1n) is 5.36. The lowest BCUT2D eigenvalue weighted by atomic mass is 10.1. The normalized spacial score (nSPS) is 9.94. The molecule has 2 N–H and O–H groups in total. The largest absolute Gasteiger partial charge is 0.338 e. The van der Waals surface area contributed by atoms with Crippen LogP contribution in [-0.4, -0.2) is 11.2 Å². The summed E-state index contributed by atoms with van der Waals surface area (Å²) in [6.07, 6.45) is 2.33. The van der Waals surface area contributed by atoms with Gasteiger partial charge in [-0.1, -0.05) is 30.3 Å². The number of aryl methyl sites for hydroxylation is 1. The van der Waals surface area contributed by atoms with Gasteiger partial charge in [-0.3, -0.25) is 5.32 Å². The van der Waals surface area contributed by atoms with E-state index in [1.807, 2.05) is 31.2 Å². The summed E-state index contributed by atoms with van der Waals surface area (Å²) in [7, 11) is 0. The van der Waals surface area contributed by atoms with E-state index in [1.54, 1.807) is 6.07 Å². The van der Waals surface area contributed by atoms with E-state index in [1.165, 1.54) is 6.20 Å². The summed E-state index contributed by atoms with van der Waals surface area (Å²) in [6.45, 7) is 2.04. The zero-order valence-corrected chi connectivity index (χ0v) is 9.43. The van der Waals surface area contributed by atoms with Gasteiger partial charge in [0.15, 0.2) is 0 Å². The molecule has 17 heavy (non-hydrogen) atoms. The Morgan fingerprint density at radius 2 is 2.12 bits per heavy atom. The SMILES string of the molecule is CCc1ccccc1NC(=O)Nc1ccno1. The maximum atomic E-state index is 11.6. The van der Waals surface area contributed by atoms with Crippen molar-refractivity contribution >= 4 is 17.6 Å². The van der Waals surface area contributed by atoms with Crippen molar-refractivity contribution in [3.63, 3.8) is 0 Å². The van der Waals surface area contributed by atoms with E-state index >= 15 is 0 Å². The first kappa shape index (κ1) is 11.2. The number of benzene rings is 1. The molecule has 1 aromatic heterocycles. The van der Waals surface area contributed by atoms with E-state index in [-0.39, 0.29) is 6.03 Å². The van der Waals surface area contributed by atoms with Gasteiger partial charge in [-0.05, 0) is 18.1 Å². The van der Waals surface area contributed by atoms with E-state index in [0.717, 1.165) is 17.7 Å². The number of anilines is 2. The molecule has 0 radical (unpaired) electrons. The van der Waals surface area contributed by atoms with Gasteiger partial charge in [0.25, 0.3) is 0 Å². The Labute approximate surface area is 98.8 Å². The Kier molecular flexibility index (Phi) is 3.40. The van der Waals surface area contributed by atoms with E-state index < -0.39 is 0 Å². The lowest BCUT2D eigenvalue weighted by Gasteiger charge is -2.09. The van der Waals surface area contributed by atoms with Crippen molar-refractivity contribution in [2.45, 2.75) is 13.3 Å². The first-order valence-corrected chi connectivity index (χ1v) is 5.36. The van der Waals surface area contributed by atoms with Gasteiger partial charge in [-0.2, -0.15) is 0 Å². The number of amides is 2. The van der Waals surface area contributed by atoms with Crippen LogP contribution in [0.25, 0.3) is 0 Å². The van der Waals surface area contributed by atoms with Crippen molar-refractivity contribution in [1.29, 1.82) is 0 Å². The molecule has 0 unspecified atom stereocenters. The van der Waals surface area contributed by atoms with Crippen LogP contribution in [0.1, 0.15) is 12.5 Å². The van der Waals surface area contributed by atoms with Crippen molar-refractivity contribution in [1.82, 2.24) is 5.16 Å². The Hall–Kier alpha value is -2.30. The quantitative estimate of drug-likeness (QED) is 0.853. The summed E-state index contributed by atoms with van der Waals surface area (Å²) < 4.78 is 4.78. The number of aromatic nitrogens is 1. The Bertz CT molecular complexity index is 494. The number of carbonyl (C=O) groups excluding carboxylic acids is 1. The summed E-state index contributed by atoms with van der Waals surface area (Å²) >= 11 is 0. The molecule has 2 rings (SSSR count). The van der Waals surface area contributed by atoms with Gasteiger partial charge in [0.05, 0.1) is 6.20 Å². The fourth-order valence-electron chi connectivity index (χ4n) is 1.50. The second kappa shape index (κ2) is 5.16. The second-order valence-corrected chi connectivity index (χ2v) is 3.47. The summed E-state index contributed by atoms with van der Waals surface area (Å²) in [5, 5.41) is 8.80. The fourth-order valence-corrected chi connectivity index (χ4v) is 1.50. The minimum absolute atomic E-state index is 0.316. The highest BCUT2D eigenvalue weighted by molar-refractivity contribution is 5.99.